The molecule has 0 unspecified atom stereocenters. The second-order valence-electron chi connectivity index (χ2n) is 7.73. The predicted molar refractivity (Wildman–Crippen MR) is 103 cm³/mol. The first kappa shape index (κ1) is 19.9. The van der Waals surface area contributed by atoms with Crippen LogP contribution in [0.1, 0.15) is 16.8 Å². The molecule has 7 nitrogen and oxygen atoms in total. The summed E-state index contributed by atoms with van der Waals surface area (Å²) in [5, 5.41) is 20.1. The largest absolute Gasteiger partial charge is 0.504 e. The van der Waals surface area contributed by atoms with E-state index in [0.717, 1.165) is 39.1 Å². The van der Waals surface area contributed by atoms with E-state index in [4.69, 9.17) is 4.74 Å². The third-order valence-electron chi connectivity index (χ3n) is 5.85. The first-order valence-electron chi connectivity index (χ1n) is 9.70. The average Bonchev–Trinajstić information content (AvgIpc) is 2.97. The number of carbonyl (C=O) groups is 1. The van der Waals surface area contributed by atoms with Crippen LogP contribution in [-0.4, -0.2) is 97.4 Å². The molecule has 2 heterocycles. The number of phenolic OH excluding ortho intramolecular Hbond substituents is 1. The number of likely N-dealkylation sites (tertiary alicyclic amines) is 1. The molecule has 0 radical (unpaired) electrons. The average molecular weight is 377 g/mol. The fourth-order valence-corrected chi connectivity index (χ4v) is 4.16. The summed E-state index contributed by atoms with van der Waals surface area (Å²) in [6.45, 7) is 6.34. The molecule has 2 saturated heterocycles. The Hall–Kier alpha value is -1.83. The quantitative estimate of drug-likeness (QED) is 0.788. The fraction of sp³-hybridized carbons (Fsp3) is 0.650. The molecule has 2 aliphatic rings. The summed E-state index contributed by atoms with van der Waals surface area (Å²) in [6, 6.07) is 4.95. The minimum absolute atomic E-state index is 0.0719. The topological polar surface area (TPSA) is 76.5 Å². The summed E-state index contributed by atoms with van der Waals surface area (Å²) in [5.41, 5.74) is 0.253. The lowest BCUT2D eigenvalue weighted by Gasteiger charge is -2.26. The second kappa shape index (κ2) is 8.91. The fourth-order valence-electron chi connectivity index (χ4n) is 4.16. The molecule has 0 aliphatic carbocycles. The van der Waals surface area contributed by atoms with Gasteiger partial charge in [0.2, 0.25) is 0 Å². The Morgan fingerprint density at radius 3 is 2.70 bits per heavy atom. The highest BCUT2D eigenvalue weighted by atomic mass is 16.5. The number of likely N-dealkylation sites (N-methyl/N-ethyl adjacent to an activating group) is 1. The standard InChI is InChI=1S/C20H31N3O4/c1-21-7-4-8-22(10-9-21)11-15-12-23(13-16(15)14-24)20(26)17-5-3-6-18(27-2)19(17)25/h3,5-6,15-16,24-25H,4,7-14H2,1-2H3/t15-,16-/m1/s1. The summed E-state index contributed by atoms with van der Waals surface area (Å²) in [7, 11) is 3.62. The first-order chi connectivity index (χ1) is 13.0. The lowest BCUT2D eigenvalue weighted by atomic mass is 9.96. The van der Waals surface area contributed by atoms with Crippen molar-refractivity contribution < 1.29 is 19.7 Å². The van der Waals surface area contributed by atoms with Crippen LogP contribution in [0.15, 0.2) is 18.2 Å². The van der Waals surface area contributed by atoms with E-state index >= 15 is 0 Å². The number of phenols is 1. The summed E-state index contributed by atoms with van der Waals surface area (Å²) in [6.07, 6.45) is 1.15. The van der Waals surface area contributed by atoms with Crippen molar-refractivity contribution in [2.24, 2.45) is 11.8 Å². The van der Waals surface area contributed by atoms with Crippen molar-refractivity contribution in [1.82, 2.24) is 14.7 Å². The van der Waals surface area contributed by atoms with Crippen molar-refractivity contribution in [3.05, 3.63) is 23.8 Å². The maximum Gasteiger partial charge on any atom is 0.257 e. The Balaban J connectivity index is 1.67. The van der Waals surface area contributed by atoms with Crippen LogP contribution >= 0.6 is 0 Å². The molecule has 0 saturated carbocycles. The van der Waals surface area contributed by atoms with E-state index in [1.807, 2.05) is 0 Å². The van der Waals surface area contributed by atoms with Gasteiger partial charge in [-0.2, -0.15) is 0 Å². The molecule has 2 aliphatic heterocycles. The number of rotatable bonds is 5. The minimum Gasteiger partial charge on any atom is -0.504 e. The van der Waals surface area contributed by atoms with Crippen LogP contribution < -0.4 is 4.74 Å². The molecule has 150 valence electrons. The SMILES string of the molecule is COc1cccc(C(=O)N2C[C@@H](CN3CCCN(C)CC3)[C@@H](CO)C2)c1O. The van der Waals surface area contributed by atoms with Gasteiger partial charge in [-0.1, -0.05) is 6.07 Å². The zero-order chi connectivity index (χ0) is 19.4. The normalized spacial score (nSPS) is 24.8. The van der Waals surface area contributed by atoms with Crippen molar-refractivity contribution in [2.75, 3.05) is 66.6 Å². The van der Waals surface area contributed by atoms with Gasteiger partial charge in [-0.05, 0) is 44.6 Å². The van der Waals surface area contributed by atoms with Gasteiger partial charge in [0.15, 0.2) is 11.5 Å². The highest BCUT2D eigenvalue weighted by molar-refractivity contribution is 5.97. The Morgan fingerprint density at radius 2 is 1.96 bits per heavy atom. The molecular formula is C20H31N3O4. The molecule has 1 aromatic rings. The van der Waals surface area contributed by atoms with Crippen molar-refractivity contribution in [3.63, 3.8) is 0 Å². The van der Waals surface area contributed by atoms with Crippen molar-refractivity contribution >= 4 is 5.91 Å². The molecule has 2 atom stereocenters. The number of para-hydroxylation sites is 1. The summed E-state index contributed by atoms with van der Waals surface area (Å²) in [5.74, 6) is 0.286. The zero-order valence-corrected chi connectivity index (χ0v) is 16.3. The van der Waals surface area contributed by atoms with E-state index in [1.54, 1.807) is 23.1 Å². The Morgan fingerprint density at radius 1 is 1.19 bits per heavy atom. The lowest BCUT2D eigenvalue weighted by molar-refractivity contribution is 0.0775. The number of carbonyl (C=O) groups excluding carboxylic acids is 1. The number of benzene rings is 1. The van der Waals surface area contributed by atoms with Gasteiger partial charge in [0.05, 0.1) is 12.7 Å². The molecule has 1 amide bonds. The van der Waals surface area contributed by atoms with Crippen LogP contribution in [0.3, 0.4) is 0 Å². The van der Waals surface area contributed by atoms with Gasteiger partial charge in [-0.25, -0.2) is 0 Å². The molecule has 2 fully saturated rings. The molecule has 0 spiro atoms. The van der Waals surface area contributed by atoms with E-state index < -0.39 is 0 Å². The van der Waals surface area contributed by atoms with Gasteiger partial charge in [0.1, 0.15) is 0 Å². The zero-order valence-electron chi connectivity index (χ0n) is 16.3. The maximum absolute atomic E-state index is 12.9. The number of ether oxygens (including phenoxy) is 1. The Labute approximate surface area is 161 Å². The monoisotopic (exact) mass is 377 g/mol. The minimum atomic E-state index is -0.206. The molecule has 1 aromatic carbocycles. The highest BCUT2D eigenvalue weighted by Gasteiger charge is 2.37. The number of methoxy groups -OCH3 is 1. The van der Waals surface area contributed by atoms with E-state index in [1.165, 1.54) is 7.11 Å². The van der Waals surface area contributed by atoms with Crippen LogP contribution in [0.25, 0.3) is 0 Å². The molecule has 2 N–H and O–H groups in total. The Bertz CT molecular complexity index is 654. The summed E-state index contributed by atoms with van der Waals surface area (Å²) >= 11 is 0. The van der Waals surface area contributed by atoms with Gasteiger partial charge in [-0.15, -0.1) is 0 Å². The van der Waals surface area contributed by atoms with Crippen LogP contribution in [0.4, 0.5) is 0 Å². The van der Waals surface area contributed by atoms with E-state index in [-0.39, 0.29) is 35.7 Å². The number of hydrogen-bond acceptors (Lipinski definition) is 6. The van der Waals surface area contributed by atoms with Crippen LogP contribution in [0, 0.1) is 11.8 Å². The summed E-state index contributed by atoms with van der Waals surface area (Å²) < 4.78 is 5.11. The van der Waals surface area contributed by atoms with Crippen LogP contribution in [-0.2, 0) is 0 Å². The van der Waals surface area contributed by atoms with Crippen LogP contribution in [0.5, 0.6) is 11.5 Å². The second-order valence-corrected chi connectivity index (χ2v) is 7.73. The predicted octanol–water partition coefficient (Wildman–Crippen LogP) is 0.719. The number of amides is 1. The summed E-state index contributed by atoms with van der Waals surface area (Å²) in [4.78, 5) is 19.5. The van der Waals surface area contributed by atoms with E-state index in [2.05, 4.69) is 16.8 Å². The number of nitrogens with zero attached hydrogens (tertiary/aromatic N) is 3. The molecule has 3 rings (SSSR count). The van der Waals surface area contributed by atoms with E-state index in [9.17, 15) is 15.0 Å². The highest BCUT2D eigenvalue weighted by Crippen LogP contribution is 2.32. The van der Waals surface area contributed by atoms with Gasteiger partial charge in [-0.3, -0.25) is 4.79 Å². The molecule has 27 heavy (non-hydrogen) atoms. The van der Waals surface area contributed by atoms with Crippen LogP contribution in [0.2, 0.25) is 0 Å². The van der Waals surface area contributed by atoms with Gasteiger partial charge >= 0.3 is 0 Å². The van der Waals surface area contributed by atoms with Gasteiger partial charge < -0.3 is 29.6 Å². The van der Waals surface area contributed by atoms with Gasteiger partial charge in [0, 0.05) is 45.2 Å². The number of hydrogen-bond donors (Lipinski definition) is 2. The number of aromatic hydroxyl groups is 1. The smallest absolute Gasteiger partial charge is 0.257 e. The molecule has 7 heteroatoms. The third-order valence-corrected chi connectivity index (χ3v) is 5.85. The first-order valence-corrected chi connectivity index (χ1v) is 9.70. The molecule has 0 bridgehead atoms. The van der Waals surface area contributed by atoms with Crippen molar-refractivity contribution in [1.29, 1.82) is 0 Å². The molecular weight excluding hydrogens is 346 g/mol. The van der Waals surface area contributed by atoms with Crippen molar-refractivity contribution in [3.8, 4) is 11.5 Å². The Kier molecular flexibility index (Phi) is 6.57. The lowest BCUT2D eigenvalue weighted by Crippen LogP contribution is -2.36. The maximum atomic E-state index is 12.9. The number of aliphatic hydroxyl groups is 1. The number of aliphatic hydroxyl groups excluding tert-OH is 1. The van der Waals surface area contributed by atoms with Gasteiger partial charge in [0.25, 0.3) is 5.91 Å². The third kappa shape index (κ3) is 4.54. The van der Waals surface area contributed by atoms with E-state index in [0.29, 0.717) is 18.8 Å². The van der Waals surface area contributed by atoms with Crippen molar-refractivity contribution in [2.45, 2.75) is 6.42 Å². The molecule has 0 aromatic heterocycles.